The summed E-state index contributed by atoms with van der Waals surface area (Å²) in [6.45, 7) is 3.34. The molecule has 4 heteroatoms. The molecule has 0 aromatic carbocycles. The van der Waals surface area contributed by atoms with Crippen molar-refractivity contribution in [3.05, 3.63) is 17.5 Å². The van der Waals surface area contributed by atoms with E-state index in [-0.39, 0.29) is 12.4 Å². The number of nitrogens with zero attached hydrogens (tertiary/aromatic N) is 1. The van der Waals surface area contributed by atoms with Crippen molar-refractivity contribution >= 4 is 12.4 Å². The predicted octanol–water partition coefficient (Wildman–Crippen LogP) is 1.69. The van der Waals surface area contributed by atoms with Crippen LogP contribution < -0.4 is 5.32 Å². The van der Waals surface area contributed by atoms with Crippen molar-refractivity contribution in [1.82, 2.24) is 15.5 Å². The van der Waals surface area contributed by atoms with Crippen LogP contribution in [0.3, 0.4) is 0 Å². The third kappa shape index (κ3) is 2.49. The van der Waals surface area contributed by atoms with E-state index in [1.165, 1.54) is 24.1 Å². The molecule has 0 spiro atoms. The second-order valence-corrected chi connectivity index (χ2v) is 3.77. The molecule has 0 bridgehead atoms. The summed E-state index contributed by atoms with van der Waals surface area (Å²) in [4.78, 5) is 0. The minimum absolute atomic E-state index is 0. The lowest BCUT2D eigenvalue weighted by Crippen LogP contribution is -2.34. The molecular formula is C10H18ClN3. The van der Waals surface area contributed by atoms with Crippen LogP contribution in [0.2, 0.25) is 0 Å². The Morgan fingerprint density at radius 1 is 1.64 bits per heavy atom. The van der Waals surface area contributed by atoms with Crippen molar-refractivity contribution in [2.45, 2.75) is 38.6 Å². The summed E-state index contributed by atoms with van der Waals surface area (Å²) in [5.74, 6) is 0. The molecule has 0 saturated heterocycles. The molecule has 1 aliphatic rings. The Bertz CT molecular complexity index is 272. The van der Waals surface area contributed by atoms with Crippen LogP contribution >= 0.6 is 12.4 Å². The molecule has 0 amide bonds. The van der Waals surface area contributed by atoms with E-state index in [9.17, 15) is 0 Å². The largest absolute Gasteiger partial charge is 0.314 e. The zero-order valence-corrected chi connectivity index (χ0v) is 9.36. The van der Waals surface area contributed by atoms with Gasteiger partial charge < -0.3 is 5.32 Å². The van der Waals surface area contributed by atoms with Gasteiger partial charge in [0.15, 0.2) is 0 Å². The molecule has 1 aliphatic carbocycles. The van der Waals surface area contributed by atoms with E-state index in [0.29, 0.717) is 6.04 Å². The molecule has 1 aromatic rings. The van der Waals surface area contributed by atoms with E-state index in [1.54, 1.807) is 0 Å². The highest BCUT2D eigenvalue weighted by Crippen LogP contribution is 2.18. The highest BCUT2D eigenvalue weighted by molar-refractivity contribution is 5.85. The Hall–Kier alpha value is -0.540. The summed E-state index contributed by atoms with van der Waals surface area (Å²) in [6.07, 6.45) is 6.72. The molecule has 80 valence electrons. The summed E-state index contributed by atoms with van der Waals surface area (Å²) in [7, 11) is 0. The number of H-pyrrole nitrogens is 1. The van der Waals surface area contributed by atoms with Crippen LogP contribution in [0, 0.1) is 0 Å². The third-order valence-corrected chi connectivity index (χ3v) is 2.70. The van der Waals surface area contributed by atoms with Gasteiger partial charge in [0.25, 0.3) is 0 Å². The maximum atomic E-state index is 4.07. The van der Waals surface area contributed by atoms with Crippen LogP contribution in [0.25, 0.3) is 0 Å². The standard InChI is InChI=1S/C10H17N3.ClH/c1-2-5-11-9-3-4-10-8(6-9)7-12-13-10;/h7,9,11H,2-6H2,1H3,(H,12,13);1H. The van der Waals surface area contributed by atoms with Gasteiger partial charge in [0.1, 0.15) is 0 Å². The lowest BCUT2D eigenvalue weighted by Gasteiger charge is -2.22. The Kier molecular flexibility index (Phi) is 4.42. The molecule has 1 heterocycles. The second-order valence-electron chi connectivity index (χ2n) is 3.77. The van der Waals surface area contributed by atoms with E-state index in [2.05, 4.69) is 22.4 Å². The number of hydrogen-bond donors (Lipinski definition) is 2. The van der Waals surface area contributed by atoms with E-state index < -0.39 is 0 Å². The number of halogens is 1. The van der Waals surface area contributed by atoms with Gasteiger partial charge in [-0.25, -0.2) is 0 Å². The molecule has 2 rings (SSSR count). The van der Waals surface area contributed by atoms with Crippen molar-refractivity contribution in [2.75, 3.05) is 6.54 Å². The van der Waals surface area contributed by atoms with Crippen LogP contribution in [0.1, 0.15) is 31.0 Å². The van der Waals surface area contributed by atoms with Crippen molar-refractivity contribution in [2.24, 2.45) is 0 Å². The lowest BCUT2D eigenvalue weighted by atomic mass is 9.93. The van der Waals surface area contributed by atoms with Crippen LogP contribution in [0.5, 0.6) is 0 Å². The average Bonchev–Trinajstić information content (AvgIpc) is 2.61. The fourth-order valence-electron chi connectivity index (χ4n) is 1.94. The molecule has 3 nitrogen and oxygen atoms in total. The fraction of sp³-hybridized carbons (Fsp3) is 0.700. The third-order valence-electron chi connectivity index (χ3n) is 2.70. The molecule has 0 aliphatic heterocycles. The summed E-state index contributed by atoms with van der Waals surface area (Å²) in [5, 5.41) is 10.7. The van der Waals surface area contributed by atoms with E-state index in [4.69, 9.17) is 0 Å². The topological polar surface area (TPSA) is 40.7 Å². The average molecular weight is 216 g/mol. The van der Waals surface area contributed by atoms with Crippen LogP contribution in [-0.2, 0) is 12.8 Å². The number of rotatable bonds is 3. The second kappa shape index (κ2) is 5.37. The normalized spacial score (nSPS) is 19.9. The molecule has 1 atom stereocenters. The summed E-state index contributed by atoms with van der Waals surface area (Å²) in [6, 6.07) is 0.671. The monoisotopic (exact) mass is 215 g/mol. The van der Waals surface area contributed by atoms with Gasteiger partial charge in [-0.1, -0.05) is 6.92 Å². The number of aromatic nitrogens is 2. The zero-order chi connectivity index (χ0) is 9.10. The van der Waals surface area contributed by atoms with Crippen LogP contribution in [0.15, 0.2) is 6.20 Å². The Morgan fingerprint density at radius 2 is 2.50 bits per heavy atom. The first-order valence-corrected chi connectivity index (χ1v) is 5.14. The number of aryl methyl sites for hydroxylation is 1. The van der Waals surface area contributed by atoms with E-state index >= 15 is 0 Å². The van der Waals surface area contributed by atoms with Gasteiger partial charge in [0.2, 0.25) is 0 Å². The maximum absolute atomic E-state index is 4.07. The highest BCUT2D eigenvalue weighted by Gasteiger charge is 2.18. The number of aromatic amines is 1. The maximum Gasteiger partial charge on any atom is 0.0522 e. The SMILES string of the molecule is CCCNC1CCc2[nH]ncc2C1.Cl. The summed E-state index contributed by atoms with van der Waals surface area (Å²) >= 11 is 0. The first-order chi connectivity index (χ1) is 6.40. The molecule has 0 radical (unpaired) electrons. The van der Waals surface area contributed by atoms with E-state index in [1.807, 2.05) is 6.20 Å². The highest BCUT2D eigenvalue weighted by atomic mass is 35.5. The first-order valence-electron chi connectivity index (χ1n) is 5.14. The Balaban J connectivity index is 0.000000980. The zero-order valence-electron chi connectivity index (χ0n) is 8.55. The van der Waals surface area contributed by atoms with Crippen LogP contribution in [0.4, 0.5) is 0 Å². The molecule has 0 saturated carbocycles. The molecule has 1 unspecified atom stereocenters. The Morgan fingerprint density at radius 3 is 3.29 bits per heavy atom. The fourth-order valence-corrected chi connectivity index (χ4v) is 1.94. The van der Waals surface area contributed by atoms with Gasteiger partial charge in [-0.3, -0.25) is 5.10 Å². The first kappa shape index (κ1) is 11.5. The van der Waals surface area contributed by atoms with Gasteiger partial charge in [0.05, 0.1) is 6.20 Å². The van der Waals surface area contributed by atoms with Crippen LogP contribution in [-0.4, -0.2) is 22.8 Å². The van der Waals surface area contributed by atoms with E-state index in [0.717, 1.165) is 19.4 Å². The minimum Gasteiger partial charge on any atom is -0.314 e. The quantitative estimate of drug-likeness (QED) is 0.806. The van der Waals surface area contributed by atoms with Crippen molar-refractivity contribution in [3.63, 3.8) is 0 Å². The lowest BCUT2D eigenvalue weighted by molar-refractivity contribution is 0.457. The van der Waals surface area contributed by atoms with Gasteiger partial charge in [-0.2, -0.15) is 5.10 Å². The van der Waals surface area contributed by atoms with Crippen molar-refractivity contribution in [3.8, 4) is 0 Å². The number of fused-ring (bicyclic) bond motifs is 1. The number of hydrogen-bond acceptors (Lipinski definition) is 2. The van der Waals surface area contributed by atoms with Gasteiger partial charge in [-0.15, -0.1) is 12.4 Å². The van der Waals surface area contributed by atoms with Gasteiger partial charge in [-0.05, 0) is 37.8 Å². The molecule has 1 aromatic heterocycles. The summed E-state index contributed by atoms with van der Waals surface area (Å²) < 4.78 is 0. The van der Waals surface area contributed by atoms with Gasteiger partial charge in [0, 0.05) is 11.7 Å². The van der Waals surface area contributed by atoms with Crippen molar-refractivity contribution in [1.29, 1.82) is 0 Å². The minimum atomic E-state index is 0. The molecular weight excluding hydrogens is 198 g/mol. The summed E-state index contributed by atoms with van der Waals surface area (Å²) in [5.41, 5.74) is 2.74. The molecule has 2 N–H and O–H groups in total. The molecule has 14 heavy (non-hydrogen) atoms. The smallest absolute Gasteiger partial charge is 0.0522 e. The number of nitrogens with one attached hydrogen (secondary N) is 2. The predicted molar refractivity (Wildman–Crippen MR) is 59.9 cm³/mol. The van der Waals surface area contributed by atoms with Crippen molar-refractivity contribution < 1.29 is 0 Å². The molecule has 0 fully saturated rings. The van der Waals surface area contributed by atoms with Gasteiger partial charge >= 0.3 is 0 Å². The Labute approximate surface area is 91.1 Å².